The molecule has 0 fully saturated rings. The topological polar surface area (TPSA) is 128 Å². The van der Waals surface area contributed by atoms with Crippen LogP contribution >= 0.6 is 15.2 Å². The fourth-order valence-corrected chi connectivity index (χ4v) is 5.79. The molecule has 0 saturated heterocycles. The first-order valence-electron chi connectivity index (χ1n) is 8.05. The third-order valence-corrected chi connectivity index (χ3v) is 9.11. The lowest BCUT2D eigenvalue weighted by molar-refractivity contribution is 0.307. The maximum absolute atomic E-state index is 12.1. The zero-order valence-corrected chi connectivity index (χ0v) is 16.3. The molecule has 1 aromatic rings. The van der Waals surface area contributed by atoms with Crippen molar-refractivity contribution < 1.29 is 28.7 Å². The van der Waals surface area contributed by atoms with Crippen LogP contribution in [0, 0.1) is 0 Å². The van der Waals surface area contributed by atoms with Crippen LogP contribution in [0.15, 0.2) is 18.2 Å². The Morgan fingerprint density at radius 1 is 0.792 bits per heavy atom. The summed E-state index contributed by atoms with van der Waals surface area (Å²) in [5.41, 5.74) is 0.358. The van der Waals surface area contributed by atoms with Crippen molar-refractivity contribution in [2.24, 2.45) is 0 Å². The van der Waals surface area contributed by atoms with Gasteiger partial charge < -0.3 is 19.6 Å². The van der Waals surface area contributed by atoms with Crippen LogP contribution in [0.3, 0.4) is 0 Å². The molecule has 1 heterocycles. The van der Waals surface area contributed by atoms with E-state index < -0.39 is 25.5 Å². The van der Waals surface area contributed by atoms with Gasteiger partial charge in [0.05, 0.1) is 11.4 Å². The van der Waals surface area contributed by atoms with Crippen LogP contribution < -0.4 is 0 Å². The number of rotatable bonds is 8. The minimum atomic E-state index is -4.52. The van der Waals surface area contributed by atoms with Crippen molar-refractivity contribution in [1.29, 1.82) is 0 Å². The van der Waals surface area contributed by atoms with Crippen molar-refractivity contribution in [3.05, 3.63) is 29.6 Å². The van der Waals surface area contributed by atoms with Crippen molar-refractivity contribution in [1.82, 2.24) is 4.98 Å². The average Bonchev–Trinajstić information content (AvgIpc) is 2.48. The monoisotopic (exact) mass is 379 g/mol. The summed E-state index contributed by atoms with van der Waals surface area (Å²) in [6.45, 7) is 6.69. The van der Waals surface area contributed by atoms with Gasteiger partial charge in [-0.2, -0.15) is 0 Å². The molecular formula is C15H27NO6P2. The molecule has 0 bridgehead atoms. The Bertz CT molecular complexity index is 604. The van der Waals surface area contributed by atoms with Gasteiger partial charge in [-0.3, -0.25) is 14.1 Å². The van der Waals surface area contributed by atoms with E-state index in [-0.39, 0.29) is 37.1 Å². The molecular weight excluding hydrogens is 352 g/mol. The molecule has 0 saturated carbocycles. The molecule has 0 unspecified atom stereocenters. The molecule has 0 aliphatic heterocycles. The minimum Gasteiger partial charge on any atom is -0.324 e. The van der Waals surface area contributed by atoms with Crippen LogP contribution in [0.1, 0.15) is 64.8 Å². The SMILES string of the molecule is CCC(CC)(c1cccc(C(CC)(CC)P(=O)(O)O)n1)P(=O)(O)O. The maximum Gasteiger partial charge on any atom is 0.337 e. The summed E-state index contributed by atoms with van der Waals surface area (Å²) in [5, 5.41) is -2.91. The molecule has 0 amide bonds. The molecule has 0 aliphatic carbocycles. The van der Waals surface area contributed by atoms with E-state index in [0.717, 1.165) is 0 Å². The summed E-state index contributed by atoms with van der Waals surface area (Å²) in [4.78, 5) is 43.8. The summed E-state index contributed by atoms with van der Waals surface area (Å²) in [5.74, 6) is 0. The molecule has 9 heteroatoms. The fourth-order valence-electron chi connectivity index (χ4n) is 3.30. The van der Waals surface area contributed by atoms with Crippen LogP contribution in [0.25, 0.3) is 0 Å². The zero-order chi connectivity index (χ0) is 18.8. The highest BCUT2D eigenvalue weighted by Crippen LogP contribution is 2.63. The second kappa shape index (κ2) is 7.36. The summed E-state index contributed by atoms with van der Waals surface area (Å²) < 4.78 is 24.2. The lowest BCUT2D eigenvalue weighted by atomic mass is 9.93. The quantitative estimate of drug-likeness (QED) is 0.509. The van der Waals surface area contributed by atoms with E-state index in [1.807, 2.05) is 0 Å². The predicted octanol–water partition coefficient (Wildman–Crippen LogP) is 3.47. The lowest BCUT2D eigenvalue weighted by Crippen LogP contribution is -2.30. The normalized spacial score (nSPS) is 14.0. The van der Waals surface area contributed by atoms with Gasteiger partial charge in [0.15, 0.2) is 0 Å². The maximum atomic E-state index is 12.1. The Balaban J connectivity index is 3.69. The lowest BCUT2D eigenvalue weighted by Gasteiger charge is -2.35. The minimum absolute atomic E-state index is 0.172. The van der Waals surface area contributed by atoms with Gasteiger partial charge >= 0.3 is 15.2 Å². The van der Waals surface area contributed by atoms with E-state index in [1.54, 1.807) is 33.8 Å². The molecule has 24 heavy (non-hydrogen) atoms. The molecule has 0 radical (unpaired) electrons. The van der Waals surface area contributed by atoms with Crippen molar-refractivity contribution in [3.63, 3.8) is 0 Å². The number of aromatic nitrogens is 1. The van der Waals surface area contributed by atoms with Gasteiger partial charge in [-0.25, -0.2) is 0 Å². The Labute approximate surface area is 142 Å². The molecule has 7 nitrogen and oxygen atoms in total. The molecule has 1 aromatic heterocycles. The van der Waals surface area contributed by atoms with Crippen molar-refractivity contribution in [2.45, 2.75) is 63.7 Å². The standard InChI is InChI=1S/C15H27NO6P2/c1-5-14(6-2,23(17,18)19)12-10-9-11-13(16-12)15(7-3,8-4)24(20,21)22/h9-11H,5-8H2,1-4H3,(H2,17,18,19)(H2,20,21,22). The first-order valence-corrected chi connectivity index (χ1v) is 11.3. The van der Waals surface area contributed by atoms with E-state index in [1.165, 1.54) is 12.1 Å². The van der Waals surface area contributed by atoms with E-state index in [9.17, 15) is 28.7 Å². The third kappa shape index (κ3) is 3.39. The van der Waals surface area contributed by atoms with Gasteiger partial charge in [-0.1, -0.05) is 33.8 Å². The first-order chi connectivity index (χ1) is 11.0. The second-order valence-electron chi connectivity index (χ2n) is 5.97. The highest BCUT2D eigenvalue weighted by atomic mass is 31.2. The number of hydrogen-bond donors (Lipinski definition) is 4. The van der Waals surface area contributed by atoms with Gasteiger partial charge in [0, 0.05) is 0 Å². The van der Waals surface area contributed by atoms with Gasteiger partial charge in [0.2, 0.25) is 0 Å². The summed E-state index contributed by atoms with van der Waals surface area (Å²) in [6, 6.07) is 4.60. The second-order valence-corrected chi connectivity index (χ2v) is 9.86. The van der Waals surface area contributed by atoms with Crippen LogP contribution in [0.4, 0.5) is 0 Å². The highest BCUT2D eigenvalue weighted by Gasteiger charge is 2.50. The number of hydrogen-bond acceptors (Lipinski definition) is 3. The smallest absolute Gasteiger partial charge is 0.324 e. The van der Waals surface area contributed by atoms with E-state index >= 15 is 0 Å². The van der Waals surface area contributed by atoms with E-state index in [0.29, 0.717) is 0 Å². The van der Waals surface area contributed by atoms with Gasteiger partial charge in [-0.15, -0.1) is 0 Å². The van der Waals surface area contributed by atoms with Crippen LogP contribution in [-0.4, -0.2) is 24.6 Å². The highest BCUT2D eigenvalue weighted by molar-refractivity contribution is 7.53. The van der Waals surface area contributed by atoms with Crippen molar-refractivity contribution in [3.8, 4) is 0 Å². The molecule has 0 spiro atoms. The fraction of sp³-hybridized carbons (Fsp3) is 0.667. The molecule has 138 valence electrons. The predicted molar refractivity (Wildman–Crippen MR) is 92.8 cm³/mol. The first kappa shape index (κ1) is 21.5. The zero-order valence-electron chi connectivity index (χ0n) is 14.5. The third-order valence-electron chi connectivity index (χ3n) is 5.16. The van der Waals surface area contributed by atoms with Crippen LogP contribution in [-0.2, 0) is 19.4 Å². The van der Waals surface area contributed by atoms with E-state index in [2.05, 4.69) is 4.98 Å². The largest absolute Gasteiger partial charge is 0.337 e. The Morgan fingerprint density at radius 3 is 1.29 bits per heavy atom. The van der Waals surface area contributed by atoms with Gasteiger partial charge in [0.1, 0.15) is 10.3 Å². The van der Waals surface area contributed by atoms with Gasteiger partial charge in [0.25, 0.3) is 0 Å². The molecule has 0 aliphatic rings. The molecule has 1 rings (SSSR count). The molecule has 0 atom stereocenters. The average molecular weight is 379 g/mol. The number of pyridine rings is 1. The number of nitrogens with zero attached hydrogens (tertiary/aromatic N) is 1. The van der Waals surface area contributed by atoms with E-state index in [4.69, 9.17) is 0 Å². The van der Waals surface area contributed by atoms with Crippen LogP contribution in [0.5, 0.6) is 0 Å². The Kier molecular flexibility index (Phi) is 6.60. The van der Waals surface area contributed by atoms with Crippen molar-refractivity contribution >= 4 is 15.2 Å². The molecule has 4 N–H and O–H groups in total. The summed E-state index contributed by atoms with van der Waals surface area (Å²) >= 11 is 0. The Hall–Kier alpha value is -0.550. The summed E-state index contributed by atoms with van der Waals surface area (Å²) in [7, 11) is -9.03. The Morgan fingerprint density at radius 2 is 1.08 bits per heavy atom. The van der Waals surface area contributed by atoms with Gasteiger partial charge in [-0.05, 0) is 37.8 Å². The summed E-state index contributed by atoms with van der Waals surface area (Å²) in [6.07, 6.45) is 0.688. The van der Waals surface area contributed by atoms with Crippen LogP contribution in [0.2, 0.25) is 0 Å². The molecule has 0 aromatic carbocycles. The van der Waals surface area contributed by atoms with Crippen molar-refractivity contribution in [2.75, 3.05) is 0 Å².